The van der Waals surface area contributed by atoms with Crippen LogP contribution in [0.25, 0.3) is 0 Å². The van der Waals surface area contributed by atoms with Crippen molar-refractivity contribution >= 4 is 48.6 Å². The molecule has 2 aromatic carbocycles. The largest absolute Gasteiger partial charge is 0.493 e. The van der Waals surface area contributed by atoms with E-state index in [0.29, 0.717) is 41.7 Å². The number of aliphatic hydroxyl groups excluding tert-OH is 1. The van der Waals surface area contributed by atoms with Crippen LogP contribution in [0.2, 0.25) is 0 Å². The number of anilines is 2. The highest BCUT2D eigenvalue weighted by molar-refractivity contribution is 5.86. The third-order valence-electron chi connectivity index (χ3n) is 4.11. The Kier molecular flexibility index (Phi) is 15.3. The van der Waals surface area contributed by atoms with Crippen LogP contribution in [0.5, 0.6) is 17.2 Å². The molecule has 0 spiro atoms. The summed E-state index contributed by atoms with van der Waals surface area (Å²) in [5.41, 5.74) is 13.6. The van der Waals surface area contributed by atoms with Crippen LogP contribution in [0.4, 0.5) is 11.4 Å². The van der Waals surface area contributed by atoms with Gasteiger partial charge in [0.2, 0.25) is 0 Å². The highest BCUT2D eigenvalue weighted by atomic mass is 35.5. The maximum atomic E-state index is 10.1. The Morgan fingerprint density at radius 2 is 1.57 bits per heavy atom. The van der Waals surface area contributed by atoms with Gasteiger partial charge in [0.25, 0.3) is 0 Å². The molecule has 0 aliphatic carbocycles. The van der Waals surface area contributed by atoms with E-state index in [-0.39, 0.29) is 49.9 Å². The van der Waals surface area contributed by atoms with Crippen LogP contribution < -0.4 is 31.0 Å². The Bertz CT molecular complexity index is 753. The minimum Gasteiger partial charge on any atom is -0.493 e. The van der Waals surface area contributed by atoms with Gasteiger partial charge in [0.05, 0.1) is 18.5 Å². The average Bonchev–Trinajstić information content (AvgIpc) is 2.66. The molecule has 0 amide bonds. The van der Waals surface area contributed by atoms with Gasteiger partial charge in [0.15, 0.2) is 11.5 Å². The number of hydrogen-bond acceptors (Lipinski definition) is 7. The topological polar surface area (TPSA) is 112 Å². The number of halogens is 3. The van der Waals surface area contributed by atoms with E-state index in [4.69, 9.17) is 25.7 Å². The highest BCUT2D eigenvalue weighted by Gasteiger charge is 2.12. The first-order valence-corrected chi connectivity index (χ1v) is 8.88. The first-order chi connectivity index (χ1) is 12.9. The van der Waals surface area contributed by atoms with E-state index in [1.807, 2.05) is 44.2 Å². The van der Waals surface area contributed by atoms with Gasteiger partial charge >= 0.3 is 0 Å². The quantitative estimate of drug-likeness (QED) is 0.383. The second-order valence-corrected chi connectivity index (χ2v) is 6.41. The number of nitrogens with two attached hydrogens (primary N) is 2. The Morgan fingerprint density at radius 1 is 0.933 bits per heavy atom. The van der Waals surface area contributed by atoms with Crippen molar-refractivity contribution in [3.05, 3.63) is 42.0 Å². The minimum atomic E-state index is -0.689. The van der Waals surface area contributed by atoms with Crippen LogP contribution in [0, 0.1) is 6.92 Å². The molecule has 0 heterocycles. The van der Waals surface area contributed by atoms with Gasteiger partial charge in [0.1, 0.15) is 24.6 Å². The van der Waals surface area contributed by atoms with E-state index >= 15 is 0 Å². The third-order valence-corrected chi connectivity index (χ3v) is 4.11. The summed E-state index contributed by atoms with van der Waals surface area (Å²) in [7, 11) is 1.61. The number of para-hydroxylation sites is 2. The first kappa shape index (κ1) is 30.4. The lowest BCUT2D eigenvalue weighted by Gasteiger charge is -2.19. The summed E-state index contributed by atoms with van der Waals surface area (Å²) in [6.07, 6.45) is -0.785. The monoisotopic (exact) mass is 483 g/mol. The molecule has 172 valence electrons. The molecule has 30 heavy (non-hydrogen) atoms. The SMILES string of the molecule is COc1ccccc1OC(C)CNCC(O)COc1ccc(C)c(N)c1N.Cl.Cl.Cl. The average molecular weight is 485 g/mol. The third kappa shape index (κ3) is 8.93. The summed E-state index contributed by atoms with van der Waals surface area (Å²) in [6, 6.07) is 11.1. The number of rotatable bonds is 10. The van der Waals surface area contributed by atoms with E-state index in [1.54, 1.807) is 13.2 Å². The number of nitrogens with one attached hydrogen (secondary N) is 1. The van der Waals surface area contributed by atoms with E-state index in [9.17, 15) is 5.11 Å². The molecule has 2 unspecified atom stereocenters. The second kappa shape index (κ2) is 15.1. The van der Waals surface area contributed by atoms with Crippen LogP contribution in [-0.2, 0) is 0 Å². The second-order valence-electron chi connectivity index (χ2n) is 6.41. The summed E-state index contributed by atoms with van der Waals surface area (Å²) in [5.74, 6) is 1.85. The van der Waals surface area contributed by atoms with E-state index in [2.05, 4.69) is 5.32 Å². The van der Waals surface area contributed by atoms with Crippen molar-refractivity contribution < 1.29 is 19.3 Å². The molecule has 7 nitrogen and oxygen atoms in total. The van der Waals surface area contributed by atoms with Crippen LogP contribution in [0.1, 0.15) is 12.5 Å². The van der Waals surface area contributed by atoms with Gasteiger partial charge in [-0.1, -0.05) is 18.2 Å². The van der Waals surface area contributed by atoms with Gasteiger partial charge < -0.3 is 36.1 Å². The smallest absolute Gasteiger partial charge is 0.161 e. The summed E-state index contributed by atoms with van der Waals surface area (Å²) >= 11 is 0. The van der Waals surface area contributed by atoms with Crippen LogP contribution in [0.15, 0.2) is 36.4 Å². The number of benzene rings is 2. The molecule has 0 saturated carbocycles. The zero-order valence-corrected chi connectivity index (χ0v) is 19.7. The number of aliphatic hydroxyl groups is 1. The normalized spacial score (nSPS) is 11.7. The molecule has 2 rings (SSSR count). The molecule has 0 aromatic heterocycles. The Labute approximate surface area is 196 Å². The zero-order chi connectivity index (χ0) is 19.8. The number of aryl methyl sites for hydroxylation is 1. The lowest BCUT2D eigenvalue weighted by atomic mass is 10.1. The van der Waals surface area contributed by atoms with E-state index in [0.717, 1.165) is 5.56 Å². The van der Waals surface area contributed by atoms with Crippen LogP contribution in [-0.4, -0.2) is 44.1 Å². The molecular formula is C20H32Cl3N3O4. The van der Waals surface area contributed by atoms with E-state index in [1.165, 1.54) is 0 Å². The first-order valence-electron chi connectivity index (χ1n) is 8.88. The number of ether oxygens (including phenoxy) is 3. The minimum absolute atomic E-state index is 0. The van der Waals surface area contributed by atoms with Gasteiger partial charge in [-0.25, -0.2) is 0 Å². The molecule has 2 aromatic rings. The van der Waals surface area contributed by atoms with Crippen molar-refractivity contribution in [3.63, 3.8) is 0 Å². The van der Waals surface area contributed by atoms with Gasteiger partial charge in [0, 0.05) is 13.1 Å². The molecule has 2 atom stereocenters. The Hall–Kier alpha value is -1.77. The molecule has 0 aliphatic heterocycles. The maximum Gasteiger partial charge on any atom is 0.161 e. The number of nitrogen functional groups attached to an aromatic ring is 2. The molecule has 0 bridgehead atoms. The number of hydrogen-bond donors (Lipinski definition) is 4. The van der Waals surface area contributed by atoms with Crippen molar-refractivity contribution in [1.29, 1.82) is 0 Å². The lowest BCUT2D eigenvalue weighted by Crippen LogP contribution is -2.36. The van der Waals surface area contributed by atoms with Gasteiger partial charge in [-0.05, 0) is 37.6 Å². The standard InChI is InChI=1S/C20H29N3O4.3ClH/c1-13-8-9-18(20(22)19(13)21)26-12-15(24)11-23-10-14(2)27-17-7-5-4-6-16(17)25-3;;;/h4-9,14-15,23-24H,10-12,21-22H2,1-3H3;3*1H. The fourth-order valence-electron chi connectivity index (χ4n) is 2.52. The zero-order valence-electron chi connectivity index (χ0n) is 17.3. The Balaban J connectivity index is 0. The molecule has 10 heteroatoms. The summed E-state index contributed by atoms with van der Waals surface area (Å²) in [4.78, 5) is 0. The molecule has 0 fully saturated rings. The fraction of sp³-hybridized carbons (Fsp3) is 0.400. The highest BCUT2D eigenvalue weighted by Crippen LogP contribution is 2.30. The summed E-state index contributed by atoms with van der Waals surface area (Å²) in [6.45, 7) is 4.86. The van der Waals surface area contributed by atoms with Crippen molar-refractivity contribution in [2.75, 3.05) is 38.3 Å². The van der Waals surface area contributed by atoms with Crippen molar-refractivity contribution in [2.45, 2.75) is 26.1 Å². The summed E-state index contributed by atoms with van der Waals surface area (Å²) in [5, 5.41) is 13.3. The molecule has 0 aliphatic rings. The van der Waals surface area contributed by atoms with Gasteiger partial charge in [-0.2, -0.15) is 0 Å². The van der Waals surface area contributed by atoms with E-state index < -0.39 is 6.10 Å². The predicted molar refractivity (Wildman–Crippen MR) is 129 cm³/mol. The lowest BCUT2D eigenvalue weighted by molar-refractivity contribution is 0.103. The van der Waals surface area contributed by atoms with Crippen molar-refractivity contribution in [3.8, 4) is 17.2 Å². The molecular weight excluding hydrogens is 453 g/mol. The Morgan fingerprint density at radius 3 is 2.20 bits per heavy atom. The van der Waals surface area contributed by atoms with Gasteiger partial charge in [-0.3, -0.25) is 0 Å². The molecule has 0 radical (unpaired) electrons. The van der Waals surface area contributed by atoms with Crippen LogP contribution in [0.3, 0.4) is 0 Å². The van der Waals surface area contributed by atoms with Crippen molar-refractivity contribution in [2.24, 2.45) is 0 Å². The maximum absolute atomic E-state index is 10.1. The number of methoxy groups -OCH3 is 1. The fourth-order valence-corrected chi connectivity index (χ4v) is 2.52. The molecule has 6 N–H and O–H groups in total. The molecule has 0 saturated heterocycles. The van der Waals surface area contributed by atoms with Crippen LogP contribution >= 0.6 is 37.2 Å². The summed E-state index contributed by atoms with van der Waals surface area (Å²) < 4.78 is 16.7. The van der Waals surface area contributed by atoms with Crippen molar-refractivity contribution in [1.82, 2.24) is 5.32 Å². The predicted octanol–water partition coefficient (Wildman–Crippen LogP) is 3.23. The van der Waals surface area contributed by atoms with Gasteiger partial charge in [-0.15, -0.1) is 37.2 Å².